The number of aromatic nitrogens is 2. The van der Waals surface area contributed by atoms with E-state index in [9.17, 15) is 14.0 Å². The van der Waals surface area contributed by atoms with Crippen LogP contribution in [-0.2, 0) is 9.53 Å². The summed E-state index contributed by atoms with van der Waals surface area (Å²) in [5.74, 6) is -0.417. The second-order valence-corrected chi connectivity index (χ2v) is 8.70. The van der Waals surface area contributed by atoms with Crippen molar-refractivity contribution >= 4 is 11.9 Å². The van der Waals surface area contributed by atoms with Gasteiger partial charge in [-0.05, 0) is 54.7 Å². The topological polar surface area (TPSA) is 73.2 Å². The molecular weight excluding hydrogens is 421 g/mol. The molecule has 1 N–H and O–H groups in total. The molecular formula is C26H28FN3O3. The number of carbonyl (C=O) groups is 2. The number of esters is 1. The number of halogens is 1. The average Bonchev–Trinajstić information content (AvgIpc) is 3.27. The molecule has 0 bridgehead atoms. The van der Waals surface area contributed by atoms with Gasteiger partial charge in [-0.3, -0.25) is 4.79 Å². The first-order valence-electron chi connectivity index (χ1n) is 11.3. The molecule has 1 aliphatic carbocycles. The van der Waals surface area contributed by atoms with Gasteiger partial charge in [-0.25, -0.2) is 13.9 Å². The van der Waals surface area contributed by atoms with E-state index < -0.39 is 5.97 Å². The lowest BCUT2D eigenvalue weighted by Gasteiger charge is -2.34. The molecule has 7 heteroatoms. The Balaban J connectivity index is 1.50. The lowest BCUT2D eigenvalue weighted by atomic mass is 9.78. The van der Waals surface area contributed by atoms with E-state index in [0.717, 1.165) is 18.5 Å². The molecule has 1 saturated carbocycles. The molecule has 33 heavy (non-hydrogen) atoms. The summed E-state index contributed by atoms with van der Waals surface area (Å²) in [4.78, 5) is 25.4. The van der Waals surface area contributed by atoms with E-state index in [2.05, 4.69) is 24.3 Å². The number of hydrogen-bond donors (Lipinski definition) is 1. The van der Waals surface area contributed by atoms with Gasteiger partial charge < -0.3 is 10.1 Å². The number of benzene rings is 2. The number of ether oxygens (including phenoxy) is 1. The maximum atomic E-state index is 13.4. The van der Waals surface area contributed by atoms with E-state index in [1.54, 1.807) is 23.0 Å². The first-order chi connectivity index (χ1) is 15.9. The molecule has 2 aromatic carbocycles. The molecule has 1 fully saturated rings. The number of para-hydroxylation sites is 1. The summed E-state index contributed by atoms with van der Waals surface area (Å²) in [5.41, 5.74) is 1.91. The van der Waals surface area contributed by atoms with Crippen LogP contribution in [0.1, 0.15) is 43.5 Å². The SMILES string of the molecule is C[C@@H]1[C@@H](C)CCC[C@H]1NC(=O)COC(=O)c1cn(-c2ccccc2)nc1-c1ccc(F)cc1. The molecule has 172 valence electrons. The summed E-state index contributed by atoms with van der Waals surface area (Å²) < 4.78 is 20.3. The molecule has 1 aromatic heterocycles. The predicted molar refractivity (Wildman–Crippen MR) is 123 cm³/mol. The Morgan fingerprint density at radius 3 is 2.55 bits per heavy atom. The Labute approximate surface area is 192 Å². The van der Waals surface area contributed by atoms with Crippen LogP contribution in [0.2, 0.25) is 0 Å². The summed E-state index contributed by atoms with van der Waals surface area (Å²) in [6.45, 7) is 3.98. The van der Waals surface area contributed by atoms with Gasteiger partial charge in [-0.1, -0.05) is 44.9 Å². The third kappa shape index (κ3) is 5.30. The molecule has 0 spiro atoms. The zero-order chi connectivity index (χ0) is 23.4. The quantitative estimate of drug-likeness (QED) is 0.550. The summed E-state index contributed by atoms with van der Waals surface area (Å²) in [6.07, 6.45) is 4.75. The highest BCUT2D eigenvalue weighted by Gasteiger charge is 2.28. The molecule has 1 aliphatic rings. The van der Waals surface area contributed by atoms with Crippen LogP contribution in [0.5, 0.6) is 0 Å². The molecule has 1 amide bonds. The van der Waals surface area contributed by atoms with E-state index in [-0.39, 0.29) is 29.9 Å². The van der Waals surface area contributed by atoms with Gasteiger partial charge in [0.15, 0.2) is 6.61 Å². The zero-order valence-electron chi connectivity index (χ0n) is 18.8. The second-order valence-electron chi connectivity index (χ2n) is 8.70. The van der Waals surface area contributed by atoms with Gasteiger partial charge >= 0.3 is 5.97 Å². The normalized spacial score (nSPS) is 20.3. The first kappa shape index (κ1) is 22.7. The molecule has 6 nitrogen and oxygen atoms in total. The maximum Gasteiger partial charge on any atom is 0.342 e. The highest BCUT2D eigenvalue weighted by molar-refractivity contribution is 5.97. The van der Waals surface area contributed by atoms with Crippen LogP contribution in [0.15, 0.2) is 60.8 Å². The molecule has 4 rings (SSSR count). The maximum absolute atomic E-state index is 13.4. The molecule has 1 heterocycles. The van der Waals surface area contributed by atoms with Gasteiger partial charge in [0.1, 0.15) is 17.1 Å². The Morgan fingerprint density at radius 1 is 1.09 bits per heavy atom. The van der Waals surface area contributed by atoms with Gasteiger partial charge in [0.05, 0.1) is 5.69 Å². The zero-order valence-corrected chi connectivity index (χ0v) is 18.8. The fraction of sp³-hybridized carbons (Fsp3) is 0.346. The summed E-state index contributed by atoms with van der Waals surface area (Å²) in [7, 11) is 0. The Morgan fingerprint density at radius 2 is 1.82 bits per heavy atom. The smallest absolute Gasteiger partial charge is 0.342 e. The fourth-order valence-corrected chi connectivity index (χ4v) is 4.30. The minimum Gasteiger partial charge on any atom is -0.452 e. The fourth-order valence-electron chi connectivity index (χ4n) is 4.30. The number of amides is 1. The van der Waals surface area contributed by atoms with Crippen LogP contribution in [-0.4, -0.2) is 34.3 Å². The van der Waals surface area contributed by atoms with Crippen molar-refractivity contribution in [1.29, 1.82) is 0 Å². The van der Waals surface area contributed by atoms with E-state index in [1.807, 2.05) is 30.3 Å². The summed E-state index contributed by atoms with van der Waals surface area (Å²) in [6, 6.07) is 15.2. The second kappa shape index (κ2) is 9.98. The lowest BCUT2D eigenvalue weighted by molar-refractivity contribution is -0.125. The average molecular weight is 450 g/mol. The van der Waals surface area contributed by atoms with Crippen molar-refractivity contribution in [2.45, 2.75) is 39.2 Å². The van der Waals surface area contributed by atoms with Crippen LogP contribution < -0.4 is 5.32 Å². The number of nitrogens with zero attached hydrogens (tertiary/aromatic N) is 2. The largest absolute Gasteiger partial charge is 0.452 e. The van der Waals surface area contributed by atoms with Gasteiger partial charge in [-0.2, -0.15) is 5.10 Å². The van der Waals surface area contributed by atoms with Crippen molar-refractivity contribution in [3.63, 3.8) is 0 Å². The third-order valence-electron chi connectivity index (χ3n) is 6.46. The van der Waals surface area contributed by atoms with E-state index in [0.29, 0.717) is 23.1 Å². The molecule has 0 radical (unpaired) electrons. The van der Waals surface area contributed by atoms with Crippen LogP contribution in [0, 0.1) is 17.7 Å². The molecule has 3 aromatic rings. The third-order valence-corrected chi connectivity index (χ3v) is 6.46. The number of hydrogen-bond acceptors (Lipinski definition) is 4. The van der Waals surface area contributed by atoms with E-state index >= 15 is 0 Å². The Hall–Kier alpha value is -3.48. The predicted octanol–water partition coefficient (Wildman–Crippen LogP) is 4.78. The van der Waals surface area contributed by atoms with Gasteiger partial charge in [0.25, 0.3) is 5.91 Å². The minimum atomic E-state index is -0.656. The molecule has 0 unspecified atom stereocenters. The van der Waals surface area contributed by atoms with Crippen LogP contribution in [0.4, 0.5) is 4.39 Å². The monoisotopic (exact) mass is 449 g/mol. The van der Waals surface area contributed by atoms with Crippen molar-refractivity contribution in [3.05, 3.63) is 72.2 Å². The van der Waals surface area contributed by atoms with Gasteiger partial charge in [0.2, 0.25) is 0 Å². The Kier molecular flexibility index (Phi) is 6.87. The number of rotatable bonds is 6. The van der Waals surface area contributed by atoms with Crippen molar-refractivity contribution in [2.24, 2.45) is 11.8 Å². The van der Waals surface area contributed by atoms with E-state index in [4.69, 9.17) is 4.74 Å². The molecule has 3 atom stereocenters. The molecule has 0 saturated heterocycles. The summed E-state index contributed by atoms with van der Waals surface area (Å²) in [5, 5.41) is 7.54. The Bertz CT molecular complexity index is 1110. The minimum absolute atomic E-state index is 0.0931. The first-order valence-corrected chi connectivity index (χ1v) is 11.3. The van der Waals surface area contributed by atoms with Gasteiger partial charge in [-0.15, -0.1) is 0 Å². The summed E-state index contributed by atoms with van der Waals surface area (Å²) >= 11 is 0. The highest BCUT2D eigenvalue weighted by atomic mass is 19.1. The number of carbonyl (C=O) groups excluding carboxylic acids is 2. The van der Waals surface area contributed by atoms with Crippen LogP contribution in [0.3, 0.4) is 0 Å². The highest BCUT2D eigenvalue weighted by Crippen LogP contribution is 2.29. The van der Waals surface area contributed by atoms with Crippen molar-refractivity contribution in [2.75, 3.05) is 6.61 Å². The van der Waals surface area contributed by atoms with E-state index in [1.165, 1.54) is 18.6 Å². The number of nitrogens with one attached hydrogen (secondary N) is 1. The van der Waals surface area contributed by atoms with Crippen LogP contribution in [0.25, 0.3) is 16.9 Å². The lowest BCUT2D eigenvalue weighted by Crippen LogP contribution is -2.45. The molecule has 0 aliphatic heterocycles. The van der Waals surface area contributed by atoms with Crippen molar-refractivity contribution in [3.8, 4) is 16.9 Å². The van der Waals surface area contributed by atoms with Crippen molar-refractivity contribution < 1.29 is 18.7 Å². The van der Waals surface area contributed by atoms with Gasteiger partial charge in [0, 0.05) is 17.8 Å². The standard InChI is InChI=1S/C26H28FN3O3/c1-17-7-6-10-23(18(17)2)28-24(31)16-33-26(32)22-15-30(21-8-4-3-5-9-21)29-25(22)19-11-13-20(27)14-12-19/h3-5,8-9,11-15,17-18,23H,6-7,10,16H2,1-2H3,(H,28,31)/t17-,18+,23+/m0/s1. The van der Waals surface area contributed by atoms with Crippen LogP contribution >= 0.6 is 0 Å². The van der Waals surface area contributed by atoms with Crippen molar-refractivity contribution in [1.82, 2.24) is 15.1 Å².